The van der Waals surface area contributed by atoms with E-state index in [1.54, 1.807) is 6.07 Å². The molecule has 96 valence electrons. The lowest BCUT2D eigenvalue weighted by Gasteiger charge is -2.35. The van der Waals surface area contributed by atoms with Crippen LogP contribution in [0.25, 0.3) is 11.0 Å². The molecule has 1 fully saturated rings. The van der Waals surface area contributed by atoms with Crippen molar-refractivity contribution < 1.29 is 9.13 Å². The number of nitrogen functional groups attached to an aromatic ring is 1. The fraction of sp³-hybridized carbons (Fsp3) is 0.462. The van der Waals surface area contributed by atoms with Crippen LogP contribution in [0.5, 0.6) is 0 Å². The second kappa shape index (κ2) is 3.95. The van der Waals surface area contributed by atoms with E-state index in [4.69, 9.17) is 10.5 Å². The molecule has 4 nitrogen and oxygen atoms in total. The van der Waals surface area contributed by atoms with Crippen molar-refractivity contribution in [2.24, 2.45) is 0 Å². The second-order valence-electron chi connectivity index (χ2n) is 5.09. The summed E-state index contributed by atoms with van der Waals surface area (Å²) in [5, 5.41) is 0. The standard InChI is InChI=1S/C13H16FN3O/c1-13(5-2-6-18-8-13)17-11-4-3-9(14)7-10(11)16-12(17)15/h3-4,7H,2,5-6,8H2,1H3,(H2,15,16). The van der Waals surface area contributed by atoms with Gasteiger partial charge in [0.25, 0.3) is 0 Å². The van der Waals surface area contributed by atoms with Crippen molar-refractivity contribution >= 4 is 17.0 Å². The number of aromatic nitrogens is 2. The van der Waals surface area contributed by atoms with Gasteiger partial charge in [0.2, 0.25) is 5.95 Å². The molecule has 0 bridgehead atoms. The number of halogens is 1. The lowest BCUT2D eigenvalue weighted by atomic mass is 9.94. The first-order valence-electron chi connectivity index (χ1n) is 6.12. The molecule has 1 aromatic heterocycles. The zero-order valence-corrected chi connectivity index (χ0v) is 10.3. The first-order valence-corrected chi connectivity index (χ1v) is 6.12. The van der Waals surface area contributed by atoms with Crippen LogP contribution in [0.1, 0.15) is 19.8 Å². The highest BCUT2D eigenvalue weighted by molar-refractivity contribution is 5.78. The lowest BCUT2D eigenvalue weighted by molar-refractivity contribution is 0.0124. The molecule has 0 saturated carbocycles. The minimum absolute atomic E-state index is 0.199. The maximum Gasteiger partial charge on any atom is 0.201 e. The van der Waals surface area contributed by atoms with Crippen molar-refractivity contribution in [2.45, 2.75) is 25.3 Å². The molecule has 0 amide bonds. The molecule has 0 radical (unpaired) electrons. The first kappa shape index (κ1) is 11.5. The minimum atomic E-state index is -0.294. The Bertz CT molecular complexity index is 587. The molecule has 1 aliphatic heterocycles. The number of nitrogens with two attached hydrogens (primary N) is 1. The molecule has 2 aromatic rings. The zero-order chi connectivity index (χ0) is 12.8. The third-order valence-corrected chi connectivity index (χ3v) is 3.60. The number of hydrogen-bond donors (Lipinski definition) is 1. The molecule has 1 aromatic carbocycles. The van der Waals surface area contributed by atoms with E-state index in [-0.39, 0.29) is 11.4 Å². The van der Waals surface area contributed by atoms with Gasteiger partial charge in [-0.1, -0.05) is 0 Å². The Balaban J connectivity index is 2.18. The van der Waals surface area contributed by atoms with Gasteiger partial charge in [-0.05, 0) is 31.9 Å². The number of benzene rings is 1. The average Bonchev–Trinajstić information content (AvgIpc) is 2.65. The highest BCUT2D eigenvalue weighted by atomic mass is 19.1. The summed E-state index contributed by atoms with van der Waals surface area (Å²) in [7, 11) is 0. The van der Waals surface area contributed by atoms with Crippen molar-refractivity contribution in [3.63, 3.8) is 0 Å². The number of fused-ring (bicyclic) bond motifs is 1. The summed E-state index contributed by atoms with van der Waals surface area (Å²) in [4.78, 5) is 4.24. The summed E-state index contributed by atoms with van der Waals surface area (Å²) >= 11 is 0. The maximum absolute atomic E-state index is 13.2. The van der Waals surface area contributed by atoms with Crippen LogP contribution >= 0.6 is 0 Å². The highest BCUT2D eigenvalue weighted by Gasteiger charge is 2.32. The fourth-order valence-corrected chi connectivity index (χ4v) is 2.74. The Morgan fingerprint density at radius 2 is 2.33 bits per heavy atom. The molecule has 0 aliphatic carbocycles. The lowest BCUT2D eigenvalue weighted by Crippen LogP contribution is -2.39. The van der Waals surface area contributed by atoms with Crippen molar-refractivity contribution in [3.8, 4) is 0 Å². The molecular weight excluding hydrogens is 233 g/mol. The normalized spacial score (nSPS) is 24.6. The molecule has 1 aliphatic rings. The first-order chi connectivity index (χ1) is 8.60. The average molecular weight is 249 g/mol. The van der Waals surface area contributed by atoms with Gasteiger partial charge in [-0.25, -0.2) is 9.37 Å². The minimum Gasteiger partial charge on any atom is -0.379 e. The van der Waals surface area contributed by atoms with Crippen LogP contribution in [-0.4, -0.2) is 22.8 Å². The van der Waals surface area contributed by atoms with E-state index in [0.717, 1.165) is 25.0 Å². The Labute approximate surface area is 105 Å². The molecule has 18 heavy (non-hydrogen) atoms. The van der Waals surface area contributed by atoms with Crippen LogP contribution < -0.4 is 5.73 Å². The van der Waals surface area contributed by atoms with Gasteiger partial charge in [0.1, 0.15) is 5.82 Å². The van der Waals surface area contributed by atoms with Gasteiger partial charge in [-0.15, -0.1) is 0 Å². The third-order valence-electron chi connectivity index (χ3n) is 3.60. The Hall–Kier alpha value is -1.62. The topological polar surface area (TPSA) is 53.1 Å². The second-order valence-corrected chi connectivity index (χ2v) is 5.09. The molecule has 0 spiro atoms. The van der Waals surface area contributed by atoms with Crippen LogP contribution in [0, 0.1) is 5.82 Å². The Morgan fingerprint density at radius 1 is 1.50 bits per heavy atom. The summed E-state index contributed by atoms with van der Waals surface area (Å²) < 4.78 is 20.7. The highest BCUT2D eigenvalue weighted by Crippen LogP contribution is 2.33. The summed E-state index contributed by atoms with van der Waals surface area (Å²) in [6.45, 7) is 3.50. The molecule has 2 N–H and O–H groups in total. The van der Waals surface area contributed by atoms with Crippen LogP contribution in [0.2, 0.25) is 0 Å². The van der Waals surface area contributed by atoms with E-state index in [9.17, 15) is 4.39 Å². The molecule has 1 saturated heterocycles. The van der Waals surface area contributed by atoms with E-state index >= 15 is 0 Å². The van der Waals surface area contributed by atoms with Gasteiger partial charge in [0.15, 0.2) is 0 Å². The van der Waals surface area contributed by atoms with Gasteiger partial charge < -0.3 is 15.0 Å². The van der Waals surface area contributed by atoms with Crippen molar-refractivity contribution in [1.82, 2.24) is 9.55 Å². The van der Waals surface area contributed by atoms with Crippen molar-refractivity contribution in [3.05, 3.63) is 24.0 Å². The molecular formula is C13H16FN3O. The van der Waals surface area contributed by atoms with Gasteiger partial charge in [-0.3, -0.25) is 0 Å². The Kier molecular flexibility index (Phi) is 2.52. The van der Waals surface area contributed by atoms with Gasteiger partial charge in [0.05, 0.1) is 23.2 Å². The smallest absolute Gasteiger partial charge is 0.201 e. The maximum atomic E-state index is 13.2. The van der Waals surface area contributed by atoms with Crippen molar-refractivity contribution in [2.75, 3.05) is 18.9 Å². The quantitative estimate of drug-likeness (QED) is 0.843. The third kappa shape index (κ3) is 1.66. The van der Waals surface area contributed by atoms with Crippen molar-refractivity contribution in [1.29, 1.82) is 0 Å². The predicted octanol–water partition coefficient (Wildman–Crippen LogP) is 2.28. The van der Waals surface area contributed by atoms with E-state index in [1.165, 1.54) is 12.1 Å². The van der Waals surface area contributed by atoms with Gasteiger partial charge in [0, 0.05) is 12.7 Å². The summed E-state index contributed by atoms with van der Waals surface area (Å²) in [6.07, 6.45) is 1.98. The number of ether oxygens (including phenoxy) is 1. The van der Waals surface area contributed by atoms with E-state index in [0.29, 0.717) is 18.1 Å². The SMILES string of the molecule is CC1(n2c(N)nc3cc(F)ccc32)CCCOC1. The molecule has 5 heteroatoms. The largest absolute Gasteiger partial charge is 0.379 e. The predicted molar refractivity (Wildman–Crippen MR) is 67.8 cm³/mol. The number of hydrogen-bond acceptors (Lipinski definition) is 3. The van der Waals surface area contributed by atoms with E-state index in [1.807, 2.05) is 4.57 Å². The van der Waals surface area contributed by atoms with Crippen LogP contribution in [0.3, 0.4) is 0 Å². The summed E-state index contributed by atoms with van der Waals surface area (Å²) in [5.41, 5.74) is 7.25. The van der Waals surface area contributed by atoms with Crippen LogP contribution in [0.15, 0.2) is 18.2 Å². The monoisotopic (exact) mass is 249 g/mol. The number of nitrogens with zero attached hydrogens (tertiary/aromatic N) is 2. The molecule has 1 unspecified atom stereocenters. The number of rotatable bonds is 1. The summed E-state index contributed by atoms with van der Waals surface area (Å²) in [6, 6.07) is 4.58. The molecule has 2 heterocycles. The zero-order valence-electron chi connectivity index (χ0n) is 10.3. The van der Waals surface area contributed by atoms with Gasteiger partial charge in [-0.2, -0.15) is 0 Å². The number of imidazole rings is 1. The van der Waals surface area contributed by atoms with Gasteiger partial charge >= 0.3 is 0 Å². The molecule has 3 rings (SSSR count). The van der Waals surface area contributed by atoms with Crippen LogP contribution in [-0.2, 0) is 10.3 Å². The van der Waals surface area contributed by atoms with E-state index < -0.39 is 0 Å². The molecule has 1 atom stereocenters. The number of anilines is 1. The Morgan fingerprint density at radius 3 is 3.06 bits per heavy atom. The fourth-order valence-electron chi connectivity index (χ4n) is 2.74. The van der Waals surface area contributed by atoms with Crippen LogP contribution in [0.4, 0.5) is 10.3 Å². The van der Waals surface area contributed by atoms with E-state index in [2.05, 4.69) is 11.9 Å². The summed E-state index contributed by atoms with van der Waals surface area (Å²) in [5.74, 6) is 0.126.